The number of fused-ring (bicyclic) bond motifs is 1. The molecule has 17 heteroatoms. The van der Waals surface area contributed by atoms with Crippen LogP contribution in [0.4, 0.5) is 26.1 Å². The molecule has 4 aromatic rings. The number of nitrogens with zero attached hydrogens (tertiary/aromatic N) is 10. The smallest absolute Gasteiger partial charge is 0.410 e. The van der Waals surface area contributed by atoms with Crippen molar-refractivity contribution in [2.24, 2.45) is 0 Å². The predicted octanol–water partition coefficient (Wildman–Crippen LogP) is 9.70. The van der Waals surface area contributed by atoms with Gasteiger partial charge in [0.05, 0.1) is 29.9 Å². The number of ether oxygens (including phenoxy) is 3. The average Bonchev–Trinajstić information content (AvgIpc) is 3.72. The van der Waals surface area contributed by atoms with Crippen molar-refractivity contribution < 1.29 is 28.6 Å². The SMILES string of the molecule is CC(C)(C)OC(=O)N(CCCN(C(=O)OC(C)(C)C)C1CCCCC1)CCCn1cc(CN(Cc2ccc(C#N)cc2)c2nc(NC3CCN(C(=O)OC(C)(C)C)CC3)c3ccccc3n2)nn1. The molecule has 368 valence electrons. The highest BCUT2D eigenvalue weighted by Gasteiger charge is 2.31. The molecular weight excluding hydrogens is 863 g/mol. The number of hydrogen-bond donors (Lipinski definition) is 1. The van der Waals surface area contributed by atoms with E-state index in [1.807, 2.05) is 110 Å². The average molecular weight is 936 g/mol. The van der Waals surface area contributed by atoms with E-state index in [9.17, 15) is 19.6 Å². The molecule has 17 nitrogen and oxygen atoms in total. The Morgan fingerprint density at radius 1 is 0.765 bits per heavy atom. The zero-order valence-electron chi connectivity index (χ0n) is 41.8. The van der Waals surface area contributed by atoms with Crippen LogP contribution in [0, 0.1) is 11.3 Å². The first-order chi connectivity index (χ1) is 32.2. The summed E-state index contributed by atoms with van der Waals surface area (Å²) in [5.41, 5.74) is 1.18. The Morgan fingerprint density at radius 3 is 2.07 bits per heavy atom. The number of likely N-dealkylation sites (tertiary alicyclic amines) is 1. The van der Waals surface area contributed by atoms with E-state index in [2.05, 4.69) is 26.6 Å². The summed E-state index contributed by atoms with van der Waals surface area (Å²) in [5.74, 6) is 1.20. The molecule has 68 heavy (non-hydrogen) atoms. The van der Waals surface area contributed by atoms with Crippen molar-refractivity contribution >= 4 is 40.9 Å². The molecular formula is C51H73N11O6. The molecule has 2 aliphatic rings. The predicted molar refractivity (Wildman–Crippen MR) is 262 cm³/mol. The van der Waals surface area contributed by atoms with E-state index in [-0.39, 0.29) is 24.3 Å². The molecule has 2 fully saturated rings. The van der Waals surface area contributed by atoms with E-state index in [0.717, 1.165) is 55.0 Å². The fourth-order valence-corrected chi connectivity index (χ4v) is 8.47. The number of nitrogens with one attached hydrogen (secondary N) is 1. The lowest BCUT2D eigenvalue weighted by atomic mass is 9.94. The molecule has 2 aromatic carbocycles. The van der Waals surface area contributed by atoms with E-state index in [1.165, 1.54) is 6.42 Å². The molecule has 0 bridgehead atoms. The summed E-state index contributed by atoms with van der Waals surface area (Å²) < 4.78 is 19.1. The minimum absolute atomic E-state index is 0.0754. The Bertz CT molecular complexity index is 2330. The van der Waals surface area contributed by atoms with Gasteiger partial charge >= 0.3 is 18.3 Å². The summed E-state index contributed by atoms with van der Waals surface area (Å²) in [7, 11) is 0. The zero-order chi connectivity index (χ0) is 49.1. The van der Waals surface area contributed by atoms with Crippen LogP contribution < -0.4 is 10.2 Å². The van der Waals surface area contributed by atoms with Crippen molar-refractivity contribution in [1.29, 1.82) is 5.26 Å². The van der Waals surface area contributed by atoms with Gasteiger partial charge in [-0.25, -0.2) is 19.4 Å². The van der Waals surface area contributed by atoms with Crippen LogP contribution in [0.25, 0.3) is 10.9 Å². The molecule has 1 N–H and O–H groups in total. The summed E-state index contributed by atoms with van der Waals surface area (Å²) in [6.07, 6.45) is 8.80. The van der Waals surface area contributed by atoms with Crippen LogP contribution in [0.2, 0.25) is 0 Å². The van der Waals surface area contributed by atoms with Gasteiger partial charge in [-0.1, -0.05) is 48.7 Å². The fraction of sp³-hybridized carbons (Fsp3) is 0.608. The maximum absolute atomic E-state index is 13.5. The van der Waals surface area contributed by atoms with Crippen LogP contribution in [0.3, 0.4) is 0 Å². The second kappa shape index (κ2) is 22.7. The molecule has 0 unspecified atom stereocenters. The normalized spacial score (nSPS) is 15.1. The van der Waals surface area contributed by atoms with Crippen LogP contribution in [-0.2, 0) is 33.8 Å². The largest absolute Gasteiger partial charge is 0.444 e. The molecule has 0 spiro atoms. The minimum Gasteiger partial charge on any atom is -0.444 e. The van der Waals surface area contributed by atoms with E-state index >= 15 is 0 Å². The summed E-state index contributed by atoms with van der Waals surface area (Å²) in [6, 6.07) is 17.8. The topological polar surface area (TPSA) is 184 Å². The van der Waals surface area contributed by atoms with E-state index in [4.69, 9.17) is 24.2 Å². The maximum atomic E-state index is 13.5. The number of aromatic nitrogens is 5. The van der Waals surface area contributed by atoms with Crippen LogP contribution in [0.15, 0.2) is 54.7 Å². The van der Waals surface area contributed by atoms with Gasteiger partial charge in [0, 0.05) is 63.3 Å². The number of nitriles is 1. The highest BCUT2D eigenvalue weighted by molar-refractivity contribution is 5.90. The number of anilines is 2. The minimum atomic E-state index is -0.670. The number of benzene rings is 2. The fourth-order valence-electron chi connectivity index (χ4n) is 8.47. The lowest BCUT2D eigenvalue weighted by Gasteiger charge is -2.36. The first-order valence-corrected chi connectivity index (χ1v) is 24.3. The molecule has 0 radical (unpaired) electrons. The number of hydrogen-bond acceptors (Lipinski definition) is 13. The highest BCUT2D eigenvalue weighted by atomic mass is 16.6. The number of amides is 3. The third-order valence-electron chi connectivity index (χ3n) is 11.7. The van der Waals surface area contributed by atoms with Crippen LogP contribution in [0.1, 0.15) is 137 Å². The van der Waals surface area contributed by atoms with Crippen molar-refractivity contribution in [3.63, 3.8) is 0 Å². The van der Waals surface area contributed by atoms with Gasteiger partial charge in [0.25, 0.3) is 0 Å². The standard InChI is InChI=1S/C51H73N11O6/c1-49(2,3)66-46(63)58(28-16-30-62(41-17-11-10-12-18-41)48(65)68-51(7,8)9)27-15-29-61-36-40(56-57-61)35-60(34-38-23-21-37(33-52)22-24-38)45-54-43-20-14-13-19-42(43)44(55-45)53-39-25-31-59(32-26-39)47(64)67-50(4,5)6/h13-14,19-24,36,39,41H,10-12,15-18,25-32,34-35H2,1-9H3,(H,53,54,55). The number of carbonyl (C=O) groups is 3. The first-order valence-electron chi connectivity index (χ1n) is 24.3. The Kier molecular flexibility index (Phi) is 17.1. The third kappa shape index (κ3) is 15.7. The molecule has 6 rings (SSSR count). The number of piperidine rings is 1. The van der Waals surface area contributed by atoms with Gasteiger partial charge in [0.1, 0.15) is 28.3 Å². The maximum Gasteiger partial charge on any atom is 0.410 e. The van der Waals surface area contributed by atoms with Crippen molar-refractivity contribution in [3.8, 4) is 6.07 Å². The van der Waals surface area contributed by atoms with Crippen molar-refractivity contribution in [2.75, 3.05) is 42.9 Å². The Balaban J connectivity index is 1.15. The molecule has 3 heterocycles. The summed E-state index contributed by atoms with van der Waals surface area (Å²) in [5, 5.41) is 23.1. The van der Waals surface area contributed by atoms with Gasteiger partial charge in [-0.05, 0) is 131 Å². The molecule has 1 saturated heterocycles. The quantitative estimate of drug-likeness (QED) is 0.105. The zero-order valence-corrected chi connectivity index (χ0v) is 41.8. The highest BCUT2D eigenvalue weighted by Crippen LogP contribution is 2.29. The third-order valence-corrected chi connectivity index (χ3v) is 11.7. The van der Waals surface area contributed by atoms with Crippen LogP contribution >= 0.6 is 0 Å². The van der Waals surface area contributed by atoms with Crippen molar-refractivity contribution in [2.45, 2.75) is 169 Å². The molecule has 0 atom stereocenters. The van der Waals surface area contributed by atoms with Crippen molar-refractivity contribution in [3.05, 3.63) is 71.5 Å². The second-order valence-electron chi connectivity index (χ2n) is 21.1. The molecule has 1 aliphatic carbocycles. The molecule has 1 aliphatic heterocycles. The van der Waals surface area contributed by atoms with E-state index in [1.54, 1.807) is 26.6 Å². The Labute approximate surface area is 402 Å². The summed E-state index contributed by atoms with van der Waals surface area (Å²) in [6.45, 7) is 20.6. The van der Waals surface area contributed by atoms with Gasteiger partial charge in [-0.15, -0.1) is 5.10 Å². The van der Waals surface area contributed by atoms with E-state index in [0.29, 0.717) is 88.2 Å². The number of carbonyl (C=O) groups excluding carboxylic acids is 3. The molecule has 2 aromatic heterocycles. The summed E-state index contributed by atoms with van der Waals surface area (Å²) in [4.78, 5) is 57.3. The Morgan fingerprint density at radius 2 is 1.41 bits per heavy atom. The van der Waals surface area contributed by atoms with Gasteiger partial charge in [-0.3, -0.25) is 4.68 Å². The van der Waals surface area contributed by atoms with Crippen molar-refractivity contribution in [1.82, 2.24) is 39.7 Å². The van der Waals surface area contributed by atoms with Crippen LogP contribution in [-0.4, -0.2) is 120 Å². The van der Waals surface area contributed by atoms with Gasteiger partial charge < -0.3 is 39.1 Å². The first kappa shape index (κ1) is 51.2. The van der Waals surface area contributed by atoms with Gasteiger partial charge in [-0.2, -0.15) is 10.2 Å². The number of rotatable bonds is 16. The molecule has 1 saturated carbocycles. The van der Waals surface area contributed by atoms with Gasteiger partial charge in [0.15, 0.2) is 0 Å². The summed E-state index contributed by atoms with van der Waals surface area (Å²) >= 11 is 0. The lowest BCUT2D eigenvalue weighted by Crippen LogP contribution is -2.46. The lowest BCUT2D eigenvalue weighted by molar-refractivity contribution is 0.00978. The number of para-hydroxylation sites is 1. The monoisotopic (exact) mass is 936 g/mol. The number of aryl methyl sites for hydroxylation is 1. The second-order valence-corrected chi connectivity index (χ2v) is 21.1. The molecule has 3 amide bonds. The van der Waals surface area contributed by atoms with Crippen LogP contribution in [0.5, 0.6) is 0 Å². The van der Waals surface area contributed by atoms with E-state index < -0.39 is 22.9 Å². The Hall–Kier alpha value is -6.18. The van der Waals surface area contributed by atoms with Gasteiger partial charge in [0.2, 0.25) is 5.95 Å².